The number of hydrogen-bond acceptors (Lipinski definition) is 5. The first-order chi connectivity index (χ1) is 13.6. The summed E-state index contributed by atoms with van der Waals surface area (Å²) in [6, 6.07) is 10.9. The second kappa shape index (κ2) is 10.7. The van der Waals surface area contributed by atoms with Crippen LogP contribution in [0.2, 0.25) is 15.1 Å². The normalized spacial score (nSPS) is 11.1. The van der Waals surface area contributed by atoms with Gasteiger partial charge in [-0.1, -0.05) is 34.8 Å². The summed E-state index contributed by atoms with van der Waals surface area (Å²) in [4.78, 5) is 15.4. The van der Waals surface area contributed by atoms with E-state index in [1.54, 1.807) is 36.8 Å². The summed E-state index contributed by atoms with van der Waals surface area (Å²) in [7, 11) is 0. The van der Waals surface area contributed by atoms with Crippen molar-refractivity contribution in [2.45, 2.75) is 19.6 Å². The maximum Gasteiger partial charge on any atom is 0.0558 e. The van der Waals surface area contributed by atoms with Crippen LogP contribution in [0.3, 0.4) is 0 Å². The van der Waals surface area contributed by atoms with Crippen LogP contribution in [-0.2, 0) is 19.6 Å². The first-order valence-corrected chi connectivity index (χ1v) is 9.96. The van der Waals surface area contributed by atoms with E-state index in [1.165, 1.54) is 0 Å². The van der Waals surface area contributed by atoms with Crippen molar-refractivity contribution in [1.82, 2.24) is 25.2 Å². The van der Waals surface area contributed by atoms with Crippen molar-refractivity contribution in [1.29, 1.82) is 0 Å². The summed E-state index contributed by atoms with van der Waals surface area (Å²) in [6.07, 6.45) is 5.15. The van der Waals surface area contributed by atoms with Crippen LogP contribution < -0.4 is 5.32 Å². The Morgan fingerprint density at radius 2 is 1.18 bits per heavy atom. The van der Waals surface area contributed by atoms with E-state index < -0.39 is 0 Å². The van der Waals surface area contributed by atoms with Crippen LogP contribution in [0.5, 0.6) is 0 Å². The van der Waals surface area contributed by atoms with Gasteiger partial charge >= 0.3 is 0 Å². The molecule has 0 aliphatic carbocycles. The van der Waals surface area contributed by atoms with Crippen molar-refractivity contribution in [3.05, 3.63) is 87.1 Å². The molecule has 0 fully saturated rings. The molecule has 0 aliphatic rings. The number of aromatic nitrogens is 3. The molecule has 0 aliphatic heterocycles. The number of rotatable bonds is 9. The smallest absolute Gasteiger partial charge is 0.0558 e. The number of nitrogens with zero attached hydrogens (tertiary/aromatic N) is 4. The van der Waals surface area contributed by atoms with Gasteiger partial charge in [0.25, 0.3) is 0 Å². The highest BCUT2D eigenvalue weighted by Gasteiger charge is 2.10. The van der Waals surface area contributed by atoms with Gasteiger partial charge in [-0.2, -0.15) is 0 Å². The van der Waals surface area contributed by atoms with Crippen LogP contribution in [0.1, 0.15) is 17.1 Å². The monoisotopic (exact) mass is 435 g/mol. The Morgan fingerprint density at radius 3 is 1.68 bits per heavy atom. The Labute approximate surface area is 179 Å². The van der Waals surface area contributed by atoms with Crippen LogP contribution in [0.15, 0.2) is 55.0 Å². The van der Waals surface area contributed by atoms with Crippen LogP contribution in [0.25, 0.3) is 0 Å². The molecule has 3 rings (SSSR count). The number of hydrogen-bond donors (Lipinski definition) is 1. The van der Waals surface area contributed by atoms with E-state index in [1.807, 2.05) is 18.2 Å². The summed E-state index contributed by atoms with van der Waals surface area (Å²) in [5, 5.41) is 5.44. The fourth-order valence-corrected chi connectivity index (χ4v) is 3.29. The molecule has 3 heterocycles. The molecule has 0 aromatic carbocycles. The SMILES string of the molecule is Clc1ccnc(CNCCN(Cc2cc(Cl)ccn2)Cc2cc(Cl)ccn2)c1. The molecule has 0 atom stereocenters. The third-order valence-electron chi connectivity index (χ3n) is 4.02. The van der Waals surface area contributed by atoms with Gasteiger partial charge in [0.2, 0.25) is 0 Å². The largest absolute Gasteiger partial charge is 0.310 e. The van der Waals surface area contributed by atoms with E-state index in [0.29, 0.717) is 34.7 Å². The summed E-state index contributed by atoms with van der Waals surface area (Å²) in [5.74, 6) is 0. The van der Waals surface area contributed by atoms with Crippen molar-refractivity contribution in [2.24, 2.45) is 0 Å². The number of halogens is 3. The van der Waals surface area contributed by atoms with Gasteiger partial charge in [0.15, 0.2) is 0 Å². The predicted octanol–water partition coefficient (Wildman–Crippen LogP) is 4.62. The molecule has 3 aromatic rings. The second-order valence-electron chi connectivity index (χ2n) is 6.28. The van der Waals surface area contributed by atoms with Gasteiger partial charge < -0.3 is 5.32 Å². The molecule has 28 heavy (non-hydrogen) atoms. The number of pyridine rings is 3. The molecule has 1 N–H and O–H groups in total. The fourth-order valence-electron chi connectivity index (χ4n) is 2.74. The Hall–Kier alpha value is -1.76. The lowest BCUT2D eigenvalue weighted by molar-refractivity contribution is 0.250. The Kier molecular flexibility index (Phi) is 8.01. The van der Waals surface area contributed by atoms with E-state index >= 15 is 0 Å². The van der Waals surface area contributed by atoms with E-state index in [9.17, 15) is 0 Å². The highest BCUT2D eigenvalue weighted by molar-refractivity contribution is 6.31. The first-order valence-electron chi connectivity index (χ1n) is 8.83. The summed E-state index contributed by atoms with van der Waals surface area (Å²) in [6.45, 7) is 3.54. The molecule has 0 unspecified atom stereocenters. The summed E-state index contributed by atoms with van der Waals surface area (Å²) in [5.41, 5.74) is 2.73. The Morgan fingerprint density at radius 1 is 0.714 bits per heavy atom. The van der Waals surface area contributed by atoms with Gasteiger partial charge in [0.05, 0.1) is 17.1 Å². The quantitative estimate of drug-likeness (QED) is 0.496. The van der Waals surface area contributed by atoms with Crippen molar-refractivity contribution in [2.75, 3.05) is 13.1 Å². The predicted molar refractivity (Wildman–Crippen MR) is 114 cm³/mol. The minimum atomic E-state index is 0.652. The Balaban J connectivity index is 1.60. The lowest BCUT2D eigenvalue weighted by Gasteiger charge is -2.22. The van der Waals surface area contributed by atoms with E-state index in [4.69, 9.17) is 34.8 Å². The van der Waals surface area contributed by atoms with Crippen LogP contribution in [-0.4, -0.2) is 32.9 Å². The summed E-state index contributed by atoms with van der Waals surface area (Å²) < 4.78 is 0. The van der Waals surface area contributed by atoms with Crippen molar-refractivity contribution < 1.29 is 0 Å². The molecule has 0 bridgehead atoms. The minimum absolute atomic E-state index is 0.652. The highest BCUT2D eigenvalue weighted by Crippen LogP contribution is 2.14. The van der Waals surface area contributed by atoms with E-state index in [-0.39, 0.29) is 0 Å². The fraction of sp³-hybridized carbons (Fsp3) is 0.250. The standard InChI is InChI=1S/C20H20Cl3N5/c21-15-1-4-25-18(9-15)12-24-7-8-28(13-19-10-16(22)2-5-26-19)14-20-11-17(23)3-6-27-20/h1-6,9-11,24H,7-8,12-14H2. The number of nitrogens with one attached hydrogen (secondary N) is 1. The zero-order chi connectivity index (χ0) is 19.8. The zero-order valence-corrected chi connectivity index (χ0v) is 17.4. The third kappa shape index (κ3) is 7.00. The van der Waals surface area contributed by atoms with E-state index in [2.05, 4.69) is 25.2 Å². The van der Waals surface area contributed by atoms with Gasteiger partial charge in [0.1, 0.15) is 0 Å². The van der Waals surface area contributed by atoms with Gasteiger partial charge in [-0.25, -0.2) is 0 Å². The van der Waals surface area contributed by atoms with Crippen molar-refractivity contribution >= 4 is 34.8 Å². The molecule has 0 saturated carbocycles. The molecule has 0 amide bonds. The average Bonchev–Trinajstić information content (AvgIpc) is 2.65. The van der Waals surface area contributed by atoms with Crippen LogP contribution in [0, 0.1) is 0 Å². The van der Waals surface area contributed by atoms with Crippen LogP contribution >= 0.6 is 34.8 Å². The molecule has 8 heteroatoms. The Bertz CT molecular complexity index is 859. The van der Waals surface area contributed by atoms with Gasteiger partial charge in [0, 0.05) is 66.4 Å². The molecular weight excluding hydrogens is 417 g/mol. The third-order valence-corrected chi connectivity index (χ3v) is 4.72. The first kappa shape index (κ1) is 21.0. The zero-order valence-electron chi connectivity index (χ0n) is 15.2. The van der Waals surface area contributed by atoms with Gasteiger partial charge in [-0.05, 0) is 36.4 Å². The lowest BCUT2D eigenvalue weighted by Crippen LogP contribution is -2.32. The highest BCUT2D eigenvalue weighted by atomic mass is 35.5. The summed E-state index contributed by atoms with van der Waals surface area (Å²) >= 11 is 18.2. The molecule has 0 saturated heterocycles. The van der Waals surface area contributed by atoms with E-state index in [0.717, 1.165) is 30.2 Å². The molecule has 0 spiro atoms. The lowest BCUT2D eigenvalue weighted by atomic mass is 10.2. The molecule has 146 valence electrons. The molecule has 5 nitrogen and oxygen atoms in total. The van der Waals surface area contributed by atoms with Gasteiger partial charge in [-0.3, -0.25) is 19.9 Å². The maximum atomic E-state index is 6.10. The topological polar surface area (TPSA) is 53.9 Å². The average molecular weight is 437 g/mol. The molecule has 0 radical (unpaired) electrons. The minimum Gasteiger partial charge on any atom is -0.310 e. The van der Waals surface area contributed by atoms with Crippen LogP contribution in [0.4, 0.5) is 0 Å². The maximum absolute atomic E-state index is 6.10. The van der Waals surface area contributed by atoms with Gasteiger partial charge in [-0.15, -0.1) is 0 Å². The molecule has 3 aromatic heterocycles. The van der Waals surface area contributed by atoms with Crippen molar-refractivity contribution in [3.8, 4) is 0 Å². The molecular formula is C20H20Cl3N5. The van der Waals surface area contributed by atoms with Crippen molar-refractivity contribution in [3.63, 3.8) is 0 Å². The second-order valence-corrected chi connectivity index (χ2v) is 7.59.